The van der Waals surface area contributed by atoms with Gasteiger partial charge in [0.25, 0.3) is 0 Å². The maximum atomic E-state index is 11.4. The molecule has 0 aromatic carbocycles. The van der Waals surface area contributed by atoms with Crippen LogP contribution >= 0.6 is 0 Å². The van der Waals surface area contributed by atoms with E-state index in [1.165, 1.54) is 6.42 Å². The summed E-state index contributed by atoms with van der Waals surface area (Å²) in [5, 5.41) is 13.7. The van der Waals surface area contributed by atoms with Gasteiger partial charge in [-0.25, -0.2) is 0 Å². The standard InChI is InChI=1S/C11H20N2O3/c14-8-4-7-12-10(15)11(16)13-9-5-2-1-3-6-9/h9,14H,1-8H2,(H,12,15)(H,13,16). The van der Waals surface area contributed by atoms with Crippen LogP contribution in [0.1, 0.15) is 38.5 Å². The topological polar surface area (TPSA) is 78.4 Å². The fourth-order valence-corrected chi connectivity index (χ4v) is 1.86. The maximum absolute atomic E-state index is 11.4. The largest absolute Gasteiger partial charge is 0.396 e. The van der Waals surface area contributed by atoms with E-state index in [0.717, 1.165) is 25.7 Å². The lowest BCUT2D eigenvalue weighted by atomic mass is 9.95. The molecule has 0 aromatic rings. The molecule has 0 saturated heterocycles. The van der Waals surface area contributed by atoms with Crippen molar-refractivity contribution in [3.63, 3.8) is 0 Å². The van der Waals surface area contributed by atoms with Crippen LogP contribution in [0, 0.1) is 0 Å². The van der Waals surface area contributed by atoms with Crippen LogP contribution in [-0.4, -0.2) is 36.1 Å². The summed E-state index contributed by atoms with van der Waals surface area (Å²) < 4.78 is 0. The van der Waals surface area contributed by atoms with Gasteiger partial charge in [0.05, 0.1) is 0 Å². The van der Waals surface area contributed by atoms with E-state index in [4.69, 9.17) is 5.11 Å². The Morgan fingerprint density at radius 2 is 1.81 bits per heavy atom. The normalized spacial score (nSPS) is 16.8. The number of nitrogens with one attached hydrogen (secondary N) is 2. The molecule has 5 nitrogen and oxygen atoms in total. The summed E-state index contributed by atoms with van der Waals surface area (Å²) in [6.07, 6.45) is 5.87. The highest BCUT2D eigenvalue weighted by molar-refractivity contribution is 6.35. The Morgan fingerprint density at radius 3 is 2.44 bits per heavy atom. The third-order valence-electron chi connectivity index (χ3n) is 2.77. The molecule has 1 aliphatic rings. The number of aliphatic hydroxyl groups is 1. The first kappa shape index (κ1) is 13.0. The number of aliphatic hydroxyl groups excluding tert-OH is 1. The van der Waals surface area contributed by atoms with Gasteiger partial charge in [0.1, 0.15) is 0 Å². The van der Waals surface area contributed by atoms with Gasteiger partial charge in [-0.1, -0.05) is 19.3 Å². The molecule has 0 aromatic heterocycles. The molecular formula is C11H20N2O3. The zero-order chi connectivity index (χ0) is 11.8. The quantitative estimate of drug-likeness (QED) is 0.466. The predicted octanol–water partition coefficient (Wildman–Crippen LogP) is -0.0661. The zero-order valence-corrected chi connectivity index (χ0v) is 9.50. The minimum Gasteiger partial charge on any atom is -0.396 e. The van der Waals surface area contributed by atoms with E-state index in [1.54, 1.807) is 0 Å². The van der Waals surface area contributed by atoms with Gasteiger partial charge in [0.2, 0.25) is 0 Å². The lowest BCUT2D eigenvalue weighted by Gasteiger charge is -2.22. The van der Waals surface area contributed by atoms with Crippen molar-refractivity contribution < 1.29 is 14.7 Å². The molecule has 2 amide bonds. The minimum absolute atomic E-state index is 0.0184. The van der Waals surface area contributed by atoms with Gasteiger partial charge in [-0.2, -0.15) is 0 Å². The van der Waals surface area contributed by atoms with Crippen molar-refractivity contribution in [2.45, 2.75) is 44.6 Å². The summed E-state index contributed by atoms with van der Waals surface area (Å²) >= 11 is 0. The second-order valence-corrected chi connectivity index (χ2v) is 4.14. The van der Waals surface area contributed by atoms with E-state index in [-0.39, 0.29) is 12.6 Å². The van der Waals surface area contributed by atoms with Crippen LogP contribution in [0.25, 0.3) is 0 Å². The van der Waals surface area contributed by atoms with Crippen LogP contribution in [0.4, 0.5) is 0 Å². The predicted molar refractivity (Wildman–Crippen MR) is 59.7 cm³/mol. The first-order valence-corrected chi connectivity index (χ1v) is 5.93. The van der Waals surface area contributed by atoms with Crippen molar-refractivity contribution in [3.05, 3.63) is 0 Å². The second kappa shape index (κ2) is 7.22. The van der Waals surface area contributed by atoms with E-state index in [0.29, 0.717) is 13.0 Å². The van der Waals surface area contributed by atoms with Crippen molar-refractivity contribution in [1.82, 2.24) is 10.6 Å². The summed E-state index contributed by atoms with van der Waals surface area (Å²) in [6, 6.07) is 0.157. The third-order valence-corrected chi connectivity index (χ3v) is 2.77. The van der Waals surface area contributed by atoms with Gasteiger partial charge in [0, 0.05) is 19.2 Å². The molecule has 0 bridgehead atoms. The molecule has 0 atom stereocenters. The maximum Gasteiger partial charge on any atom is 0.309 e. The Kier molecular flexibility index (Phi) is 5.85. The van der Waals surface area contributed by atoms with Crippen LogP contribution in [0.5, 0.6) is 0 Å². The Labute approximate surface area is 95.6 Å². The number of hydrogen-bond donors (Lipinski definition) is 3. The molecule has 1 fully saturated rings. The van der Waals surface area contributed by atoms with Crippen molar-refractivity contribution in [2.75, 3.05) is 13.2 Å². The van der Waals surface area contributed by atoms with E-state index in [9.17, 15) is 9.59 Å². The number of rotatable bonds is 4. The molecule has 1 aliphatic carbocycles. The van der Waals surface area contributed by atoms with Crippen molar-refractivity contribution in [2.24, 2.45) is 0 Å². The highest BCUT2D eigenvalue weighted by Crippen LogP contribution is 2.17. The van der Waals surface area contributed by atoms with E-state index >= 15 is 0 Å². The van der Waals surface area contributed by atoms with Crippen LogP contribution in [0.2, 0.25) is 0 Å². The van der Waals surface area contributed by atoms with Gasteiger partial charge >= 0.3 is 11.8 Å². The van der Waals surface area contributed by atoms with Crippen LogP contribution in [0.3, 0.4) is 0 Å². The van der Waals surface area contributed by atoms with Crippen molar-refractivity contribution in [3.8, 4) is 0 Å². The van der Waals surface area contributed by atoms with Gasteiger partial charge in [-0.3, -0.25) is 9.59 Å². The fourth-order valence-electron chi connectivity index (χ4n) is 1.86. The average Bonchev–Trinajstić information content (AvgIpc) is 2.30. The number of carbonyl (C=O) groups excluding carboxylic acids is 2. The Hall–Kier alpha value is -1.10. The highest BCUT2D eigenvalue weighted by atomic mass is 16.3. The van der Waals surface area contributed by atoms with Crippen LogP contribution in [-0.2, 0) is 9.59 Å². The summed E-state index contributed by atoms with van der Waals surface area (Å²) in [5.41, 5.74) is 0. The van der Waals surface area contributed by atoms with Gasteiger partial charge in [-0.15, -0.1) is 0 Å². The van der Waals surface area contributed by atoms with Gasteiger partial charge in [0.15, 0.2) is 0 Å². The van der Waals surface area contributed by atoms with E-state index in [1.807, 2.05) is 0 Å². The van der Waals surface area contributed by atoms with E-state index < -0.39 is 11.8 Å². The molecule has 0 aliphatic heterocycles. The number of hydrogen-bond acceptors (Lipinski definition) is 3. The molecule has 0 spiro atoms. The molecule has 0 heterocycles. The molecule has 3 N–H and O–H groups in total. The molecule has 1 saturated carbocycles. The highest BCUT2D eigenvalue weighted by Gasteiger charge is 2.19. The van der Waals surface area contributed by atoms with Gasteiger partial charge in [-0.05, 0) is 19.3 Å². The summed E-state index contributed by atoms with van der Waals surface area (Å²) in [5.74, 6) is -1.15. The molecule has 5 heteroatoms. The molecule has 0 unspecified atom stereocenters. The second-order valence-electron chi connectivity index (χ2n) is 4.14. The van der Waals surface area contributed by atoms with Crippen molar-refractivity contribution in [1.29, 1.82) is 0 Å². The molecular weight excluding hydrogens is 208 g/mol. The van der Waals surface area contributed by atoms with Crippen LogP contribution in [0.15, 0.2) is 0 Å². The summed E-state index contributed by atoms with van der Waals surface area (Å²) in [4.78, 5) is 22.7. The first-order chi connectivity index (χ1) is 7.74. The lowest BCUT2D eigenvalue weighted by molar-refractivity contribution is -0.139. The molecule has 16 heavy (non-hydrogen) atoms. The zero-order valence-electron chi connectivity index (χ0n) is 9.50. The SMILES string of the molecule is O=C(NCCCO)C(=O)NC1CCCCC1. The van der Waals surface area contributed by atoms with Gasteiger partial charge < -0.3 is 15.7 Å². The summed E-state index contributed by atoms with van der Waals surface area (Å²) in [7, 11) is 0. The molecule has 0 radical (unpaired) electrons. The lowest BCUT2D eigenvalue weighted by Crippen LogP contribution is -2.45. The monoisotopic (exact) mass is 228 g/mol. The Morgan fingerprint density at radius 1 is 1.12 bits per heavy atom. The first-order valence-electron chi connectivity index (χ1n) is 5.93. The average molecular weight is 228 g/mol. The Balaban J connectivity index is 2.19. The van der Waals surface area contributed by atoms with Crippen LogP contribution < -0.4 is 10.6 Å². The minimum atomic E-state index is -0.598. The van der Waals surface area contributed by atoms with Crippen molar-refractivity contribution >= 4 is 11.8 Å². The summed E-state index contributed by atoms with van der Waals surface area (Å²) in [6.45, 7) is 0.359. The fraction of sp³-hybridized carbons (Fsp3) is 0.818. The number of carbonyl (C=O) groups is 2. The molecule has 1 rings (SSSR count). The smallest absolute Gasteiger partial charge is 0.309 e. The number of amides is 2. The third kappa shape index (κ3) is 4.61. The molecule has 92 valence electrons. The Bertz CT molecular complexity index is 237. The van der Waals surface area contributed by atoms with E-state index in [2.05, 4.69) is 10.6 Å².